The Hall–Kier alpha value is -2.82. The molecule has 0 unspecified atom stereocenters. The minimum Gasteiger partial charge on any atom is -0.484 e. The summed E-state index contributed by atoms with van der Waals surface area (Å²) < 4.78 is 5.54. The van der Waals surface area contributed by atoms with Crippen LogP contribution in [0.5, 0.6) is 5.75 Å². The van der Waals surface area contributed by atoms with E-state index in [0.29, 0.717) is 31.1 Å². The van der Waals surface area contributed by atoms with E-state index in [2.05, 4.69) is 19.2 Å². The van der Waals surface area contributed by atoms with Gasteiger partial charge in [-0.15, -0.1) is 0 Å². The monoisotopic (exact) mass is 366 g/mol. The van der Waals surface area contributed by atoms with Gasteiger partial charge in [-0.25, -0.2) is 0 Å². The molecule has 2 amide bonds. The quantitative estimate of drug-likeness (QED) is 0.842. The molecule has 0 aromatic heterocycles. The lowest BCUT2D eigenvalue weighted by atomic mass is 9.99. The Morgan fingerprint density at radius 2 is 2.00 bits per heavy atom. The average Bonchev–Trinajstić information content (AvgIpc) is 2.62. The van der Waals surface area contributed by atoms with E-state index >= 15 is 0 Å². The summed E-state index contributed by atoms with van der Waals surface area (Å²) in [6.45, 7) is 6.85. The van der Waals surface area contributed by atoms with Crippen LogP contribution in [0.4, 0.5) is 11.4 Å². The summed E-state index contributed by atoms with van der Waals surface area (Å²) in [6, 6.07) is 13.3. The second kappa shape index (κ2) is 8.25. The molecule has 0 fully saturated rings. The predicted molar refractivity (Wildman–Crippen MR) is 107 cm³/mol. The summed E-state index contributed by atoms with van der Waals surface area (Å²) in [5.74, 6) is 1.04. The zero-order chi connectivity index (χ0) is 19.4. The van der Waals surface area contributed by atoms with Gasteiger partial charge < -0.3 is 15.0 Å². The van der Waals surface area contributed by atoms with Gasteiger partial charge in [0.25, 0.3) is 5.91 Å². The first-order valence-corrected chi connectivity index (χ1v) is 9.35. The van der Waals surface area contributed by atoms with Crippen LogP contribution < -0.4 is 15.0 Å². The van der Waals surface area contributed by atoms with Crippen molar-refractivity contribution in [2.24, 2.45) is 5.92 Å². The van der Waals surface area contributed by atoms with Crippen molar-refractivity contribution in [1.82, 2.24) is 0 Å². The van der Waals surface area contributed by atoms with Crippen molar-refractivity contribution in [2.45, 2.75) is 33.6 Å². The van der Waals surface area contributed by atoms with Crippen LogP contribution in [0.1, 0.15) is 31.4 Å². The van der Waals surface area contributed by atoms with E-state index in [1.807, 2.05) is 54.3 Å². The van der Waals surface area contributed by atoms with Gasteiger partial charge in [-0.3, -0.25) is 9.59 Å². The molecule has 0 saturated carbocycles. The summed E-state index contributed by atoms with van der Waals surface area (Å²) in [6.07, 6.45) is 1.21. The number of benzene rings is 2. The van der Waals surface area contributed by atoms with Crippen molar-refractivity contribution in [3.05, 3.63) is 53.6 Å². The number of fused-ring (bicyclic) bond motifs is 1. The molecule has 0 aliphatic carbocycles. The Bertz CT molecular complexity index is 845. The molecule has 0 radical (unpaired) electrons. The van der Waals surface area contributed by atoms with Crippen LogP contribution in [0.3, 0.4) is 0 Å². The fourth-order valence-electron chi connectivity index (χ4n) is 3.25. The SMILES string of the molecule is Cc1cccc(OCC(=O)Nc2ccc3c(c2)CCC(=O)N3CC(C)C)c1. The van der Waals surface area contributed by atoms with Crippen molar-refractivity contribution in [1.29, 1.82) is 0 Å². The number of anilines is 2. The third-order valence-corrected chi connectivity index (χ3v) is 4.47. The summed E-state index contributed by atoms with van der Waals surface area (Å²) in [7, 11) is 0. The van der Waals surface area contributed by atoms with Gasteiger partial charge >= 0.3 is 0 Å². The van der Waals surface area contributed by atoms with E-state index in [-0.39, 0.29) is 18.4 Å². The smallest absolute Gasteiger partial charge is 0.262 e. The lowest BCUT2D eigenvalue weighted by molar-refractivity contribution is -0.119. The molecule has 1 aliphatic heterocycles. The van der Waals surface area contributed by atoms with Crippen LogP contribution in [0, 0.1) is 12.8 Å². The standard InChI is InChI=1S/C22H26N2O3/c1-15(2)13-24-20-9-8-18(12-17(20)7-10-22(24)26)23-21(25)14-27-19-6-4-5-16(3)11-19/h4-6,8-9,11-12,15H,7,10,13-14H2,1-3H3,(H,23,25). The first-order valence-electron chi connectivity index (χ1n) is 9.35. The normalized spacial score (nSPS) is 13.5. The van der Waals surface area contributed by atoms with Crippen molar-refractivity contribution in [3.8, 4) is 5.75 Å². The molecule has 1 aliphatic rings. The molecule has 1 heterocycles. The molecule has 0 bridgehead atoms. The number of nitrogens with zero attached hydrogens (tertiary/aromatic N) is 1. The minimum absolute atomic E-state index is 0.0432. The second-order valence-electron chi connectivity index (χ2n) is 7.40. The third-order valence-electron chi connectivity index (χ3n) is 4.47. The predicted octanol–water partition coefficient (Wildman–Crippen LogP) is 3.95. The van der Waals surface area contributed by atoms with E-state index in [1.165, 1.54) is 0 Å². The van der Waals surface area contributed by atoms with Gasteiger partial charge in [0, 0.05) is 24.3 Å². The largest absolute Gasteiger partial charge is 0.484 e. The second-order valence-corrected chi connectivity index (χ2v) is 7.40. The zero-order valence-electron chi connectivity index (χ0n) is 16.1. The minimum atomic E-state index is -0.206. The van der Waals surface area contributed by atoms with Crippen LogP contribution in [0.15, 0.2) is 42.5 Å². The van der Waals surface area contributed by atoms with Crippen molar-refractivity contribution < 1.29 is 14.3 Å². The van der Waals surface area contributed by atoms with Gasteiger partial charge in [0.1, 0.15) is 5.75 Å². The Kier molecular flexibility index (Phi) is 5.79. The number of hydrogen-bond acceptors (Lipinski definition) is 3. The van der Waals surface area contributed by atoms with Gasteiger partial charge in [0.05, 0.1) is 0 Å². The zero-order valence-corrected chi connectivity index (χ0v) is 16.1. The van der Waals surface area contributed by atoms with Gasteiger partial charge in [-0.2, -0.15) is 0 Å². The number of amides is 2. The van der Waals surface area contributed by atoms with Gasteiger partial charge in [0.2, 0.25) is 5.91 Å². The molecule has 5 nitrogen and oxygen atoms in total. The molecule has 0 saturated heterocycles. The summed E-state index contributed by atoms with van der Waals surface area (Å²) in [4.78, 5) is 26.3. The highest BCUT2D eigenvalue weighted by Gasteiger charge is 2.24. The maximum absolute atomic E-state index is 12.2. The molecule has 2 aromatic carbocycles. The van der Waals surface area contributed by atoms with E-state index in [4.69, 9.17) is 4.74 Å². The van der Waals surface area contributed by atoms with E-state index < -0.39 is 0 Å². The molecule has 2 aromatic rings. The Balaban J connectivity index is 1.64. The van der Waals surface area contributed by atoms with E-state index in [9.17, 15) is 9.59 Å². The molecular formula is C22H26N2O3. The number of nitrogens with one attached hydrogen (secondary N) is 1. The molecular weight excluding hydrogens is 340 g/mol. The number of ether oxygens (including phenoxy) is 1. The molecule has 5 heteroatoms. The Morgan fingerprint density at radius 3 is 2.74 bits per heavy atom. The lowest BCUT2D eigenvalue weighted by Gasteiger charge is -2.31. The average molecular weight is 366 g/mol. The highest BCUT2D eigenvalue weighted by Crippen LogP contribution is 2.31. The van der Waals surface area contributed by atoms with Gasteiger partial charge in [-0.05, 0) is 60.7 Å². The number of carbonyl (C=O) groups is 2. The van der Waals surface area contributed by atoms with E-state index in [1.54, 1.807) is 0 Å². The maximum atomic E-state index is 12.2. The third kappa shape index (κ3) is 4.88. The highest BCUT2D eigenvalue weighted by molar-refractivity contribution is 5.97. The summed E-state index contributed by atoms with van der Waals surface area (Å²) in [5, 5.41) is 2.88. The molecule has 0 spiro atoms. The van der Waals surface area contributed by atoms with Crippen molar-refractivity contribution in [3.63, 3.8) is 0 Å². The van der Waals surface area contributed by atoms with Crippen LogP contribution in [-0.4, -0.2) is 25.0 Å². The molecule has 1 N–H and O–H groups in total. The number of rotatable bonds is 6. The fraction of sp³-hybridized carbons (Fsp3) is 0.364. The highest BCUT2D eigenvalue weighted by atomic mass is 16.5. The first-order chi connectivity index (χ1) is 12.9. The molecule has 3 rings (SSSR count). The first kappa shape index (κ1) is 19.0. The van der Waals surface area contributed by atoms with E-state index in [0.717, 1.165) is 22.5 Å². The molecule has 142 valence electrons. The van der Waals surface area contributed by atoms with Gasteiger partial charge in [0.15, 0.2) is 6.61 Å². The number of aryl methyl sites for hydroxylation is 2. The van der Waals surface area contributed by atoms with Crippen LogP contribution in [-0.2, 0) is 16.0 Å². The van der Waals surface area contributed by atoms with Crippen molar-refractivity contribution in [2.75, 3.05) is 23.4 Å². The molecule has 27 heavy (non-hydrogen) atoms. The van der Waals surface area contributed by atoms with Crippen LogP contribution in [0.2, 0.25) is 0 Å². The summed E-state index contributed by atoms with van der Waals surface area (Å²) in [5.41, 5.74) is 3.86. The maximum Gasteiger partial charge on any atom is 0.262 e. The van der Waals surface area contributed by atoms with Gasteiger partial charge in [-0.1, -0.05) is 26.0 Å². The molecule has 0 atom stereocenters. The lowest BCUT2D eigenvalue weighted by Crippen LogP contribution is -2.37. The number of carbonyl (C=O) groups excluding carboxylic acids is 2. The summed E-state index contributed by atoms with van der Waals surface area (Å²) >= 11 is 0. The fourth-order valence-corrected chi connectivity index (χ4v) is 3.25. The van der Waals surface area contributed by atoms with Crippen molar-refractivity contribution >= 4 is 23.2 Å². The number of hydrogen-bond donors (Lipinski definition) is 1. The van der Waals surface area contributed by atoms with Crippen LogP contribution >= 0.6 is 0 Å². The Morgan fingerprint density at radius 1 is 1.19 bits per heavy atom. The van der Waals surface area contributed by atoms with Crippen LogP contribution in [0.25, 0.3) is 0 Å². The topological polar surface area (TPSA) is 58.6 Å². The Labute approximate surface area is 160 Å².